The van der Waals surface area contributed by atoms with Crippen LogP contribution in [0.4, 0.5) is 4.39 Å². The molecule has 4 heteroatoms. The fourth-order valence-corrected chi connectivity index (χ4v) is 5.28. The summed E-state index contributed by atoms with van der Waals surface area (Å²) >= 11 is 2.02. The molecule has 2 nitrogen and oxygen atoms in total. The molecule has 0 radical (unpaired) electrons. The summed E-state index contributed by atoms with van der Waals surface area (Å²) in [5.74, 6) is 0.220. The zero-order valence-corrected chi connectivity index (χ0v) is 11.9. The van der Waals surface area contributed by atoms with Gasteiger partial charge in [-0.1, -0.05) is 0 Å². The molecule has 1 aromatic carbocycles. The monoisotopic (exact) mass is 282 g/mol. The van der Waals surface area contributed by atoms with Crippen LogP contribution in [0, 0.1) is 5.82 Å². The highest BCUT2D eigenvalue weighted by Crippen LogP contribution is 2.48. The normalized spacial score (nSPS) is 33.4. The summed E-state index contributed by atoms with van der Waals surface area (Å²) in [6.45, 7) is 0. The fraction of sp³-hybridized carbons (Fsp3) is 0.600. The smallest absolute Gasteiger partial charge is 0.127 e. The minimum atomic E-state index is -0.671. The number of ether oxygens (including phenoxy) is 1. The zero-order chi connectivity index (χ0) is 13.5. The van der Waals surface area contributed by atoms with Gasteiger partial charge in [0.1, 0.15) is 11.6 Å². The number of rotatable bonds is 3. The summed E-state index contributed by atoms with van der Waals surface area (Å²) in [7, 11) is 1.53. The van der Waals surface area contributed by atoms with Crippen LogP contribution in [0.2, 0.25) is 0 Å². The van der Waals surface area contributed by atoms with Gasteiger partial charge in [-0.25, -0.2) is 4.39 Å². The van der Waals surface area contributed by atoms with Crippen molar-refractivity contribution in [2.75, 3.05) is 7.11 Å². The quantitative estimate of drug-likeness (QED) is 0.923. The molecule has 104 valence electrons. The van der Waals surface area contributed by atoms with Crippen LogP contribution in [-0.2, 0) is 6.42 Å². The molecule has 3 rings (SSSR count). The number of aliphatic hydroxyl groups is 1. The number of methoxy groups -OCH3 is 1. The molecule has 0 spiro atoms. The first-order valence-corrected chi connectivity index (χ1v) is 7.72. The Morgan fingerprint density at radius 2 is 2.00 bits per heavy atom. The molecule has 0 aliphatic carbocycles. The highest BCUT2D eigenvalue weighted by molar-refractivity contribution is 8.00. The average molecular weight is 282 g/mol. The summed E-state index contributed by atoms with van der Waals surface area (Å²) in [5.41, 5.74) is 0.154. The maximum atomic E-state index is 13.5. The van der Waals surface area contributed by atoms with E-state index in [0.29, 0.717) is 22.7 Å². The Labute approximate surface area is 117 Å². The van der Waals surface area contributed by atoms with Gasteiger partial charge in [0.25, 0.3) is 0 Å². The van der Waals surface area contributed by atoms with E-state index >= 15 is 0 Å². The van der Waals surface area contributed by atoms with Crippen LogP contribution in [0.25, 0.3) is 0 Å². The molecule has 2 heterocycles. The minimum Gasteiger partial charge on any atom is -0.497 e. The van der Waals surface area contributed by atoms with E-state index in [9.17, 15) is 9.50 Å². The van der Waals surface area contributed by atoms with Crippen molar-refractivity contribution in [3.05, 3.63) is 29.6 Å². The molecule has 19 heavy (non-hydrogen) atoms. The molecule has 2 atom stereocenters. The standard InChI is InChI=1S/C15H19FO2S/c1-18-12-5-10(4-11(16)6-12)7-15(17)8-13-2-3-14(9-15)19-13/h4-6,13-14,17H,2-3,7-9H2,1H3. The Bertz CT molecular complexity index is 465. The minimum absolute atomic E-state index is 0.300. The van der Waals surface area contributed by atoms with Crippen molar-refractivity contribution in [1.29, 1.82) is 0 Å². The number of fused-ring (bicyclic) bond motifs is 2. The Kier molecular flexibility index (Phi) is 3.48. The second-order valence-corrected chi connectivity index (χ2v) is 7.37. The van der Waals surface area contributed by atoms with E-state index in [1.54, 1.807) is 0 Å². The third-order valence-corrected chi connectivity index (χ3v) is 5.69. The van der Waals surface area contributed by atoms with E-state index in [1.807, 2.05) is 17.8 Å². The second-order valence-electron chi connectivity index (χ2n) is 5.77. The molecule has 2 aliphatic rings. The van der Waals surface area contributed by atoms with Gasteiger partial charge in [-0.05, 0) is 43.4 Å². The Morgan fingerprint density at radius 3 is 2.63 bits per heavy atom. The van der Waals surface area contributed by atoms with Crippen LogP contribution in [0.15, 0.2) is 18.2 Å². The maximum absolute atomic E-state index is 13.5. The van der Waals surface area contributed by atoms with Crippen LogP contribution >= 0.6 is 11.8 Å². The van der Waals surface area contributed by atoms with E-state index in [0.717, 1.165) is 18.4 Å². The number of thioether (sulfide) groups is 1. The highest BCUT2D eigenvalue weighted by atomic mass is 32.2. The molecular formula is C15H19FO2S. The van der Waals surface area contributed by atoms with Crippen LogP contribution in [-0.4, -0.2) is 28.3 Å². The highest BCUT2D eigenvalue weighted by Gasteiger charge is 2.43. The van der Waals surface area contributed by atoms with E-state index in [4.69, 9.17) is 4.74 Å². The molecule has 1 N–H and O–H groups in total. The topological polar surface area (TPSA) is 29.5 Å². The molecule has 2 bridgehead atoms. The molecule has 0 saturated carbocycles. The van der Waals surface area contributed by atoms with Gasteiger partial charge in [0, 0.05) is 23.0 Å². The molecule has 2 aliphatic heterocycles. The van der Waals surface area contributed by atoms with Gasteiger partial charge in [-0.3, -0.25) is 0 Å². The molecule has 2 unspecified atom stereocenters. The average Bonchev–Trinajstić information content (AvgIpc) is 2.68. The van der Waals surface area contributed by atoms with Gasteiger partial charge < -0.3 is 9.84 Å². The maximum Gasteiger partial charge on any atom is 0.127 e. The summed E-state index contributed by atoms with van der Waals surface area (Å²) in [5, 5.41) is 11.9. The van der Waals surface area contributed by atoms with E-state index < -0.39 is 5.60 Å². The molecule has 2 fully saturated rings. The molecule has 0 aromatic heterocycles. The number of benzene rings is 1. The third-order valence-electron chi connectivity index (χ3n) is 4.11. The molecular weight excluding hydrogens is 263 g/mol. The van der Waals surface area contributed by atoms with Gasteiger partial charge in [-0.15, -0.1) is 0 Å². The van der Waals surface area contributed by atoms with Crippen LogP contribution in [0.3, 0.4) is 0 Å². The first kappa shape index (κ1) is 13.3. The summed E-state index contributed by atoms with van der Waals surface area (Å²) in [6.07, 6.45) is 4.60. The van der Waals surface area contributed by atoms with Crippen molar-refractivity contribution in [2.24, 2.45) is 0 Å². The summed E-state index contributed by atoms with van der Waals surface area (Å²) < 4.78 is 18.6. The van der Waals surface area contributed by atoms with Gasteiger partial charge in [0.2, 0.25) is 0 Å². The third kappa shape index (κ3) is 2.90. The second kappa shape index (κ2) is 4.98. The van der Waals surface area contributed by atoms with Crippen molar-refractivity contribution in [3.8, 4) is 5.75 Å². The van der Waals surface area contributed by atoms with Gasteiger partial charge in [0.15, 0.2) is 0 Å². The summed E-state index contributed by atoms with van der Waals surface area (Å²) in [6, 6.07) is 4.70. The first-order valence-electron chi connectivity index (χ1n) is 6.78. The van der Waals surface area contributed by atoms with Crippen LogP contribution < -0.4 is 4.74 Å². The largest absolute Gasteiger partial charge is 0.497 e. The van der Waals surface area contributed by atoms with E-state index in [2.05, 4.69) is 0 Å². The summed E-state index contributed by atoms with van der Waals surface area (Å²) in [4.78, 5) is 0. The Balaban J connectivity index is 1.78. The van der Waals surface area contributed by atoms with Crippen molar-refractivity contribution >= 4 is 11.8 Å². The van der Waals surface area contributed by atoms with Gasteiger partial charge in [-0.2, -0.15) is 11.8 Å². The Hall–Kier alpha value is -0.740. The Morgan fingerprint density at radius 1 is 1.32 bits per heavy atom. The van der Waals surface area contributed by atoms with Crippen molar-refractivity contribution in [1.82, 2.24) is 0 Å². The van der Waals surface area contributed by atoms with E-state index in [-0.39, 0.29) is 5.82 Å². The predicted octanol–water partition coefficient (Wildman–Crippen LogP) is 3.17. The first-order chi connectivity index (χ1) is 9.06. The SMILES string of the molecule is COc1cc(F)cc(CC2(O)CC3CCC(C2)S3)c1. The van der Waals surface area contributed by atoms with Crippen molar-refractivity contribution in [3.63, 3.8) is 0 Å². The molecule has 1 aromatic rings. The van der Waals surface area contributed by atoms with Crippen molar-refractivity contribution < 1.29 is 14.2 Å². The number of hydrogen-bond acceptors (Lipinski definition) is 3. The lowest BCUT2D eigenvalue weighted by atomic mass is 9.87. The number of halogens is 1. The van der Waals surface area contributed by atoms with Gasteiger partial charge in [0.05, 0.1) is 12.7 Å². The van der Waals surface area contributed by atoms with Gasteiger partial charge >= 0.3 is 0 Å². The van der Waals surface area contributed by atoms with Crippen LogP contribution in [0.1, 0.15) is 31.2 Å². The molecule has 2 saturated heterocycles. The zero-order valence-electron chi connectivity index (χ0n) is 11.1. The van der Waals surface area contributed by atoms with Crippen molar-refractivity contribution in [2.45, 2.75) is 48.2 Å². The van der Waals surface area contributed by atoms with E-state index in [1.165, 1.54) is 32.1 Å². The predicted molar refractivity (Wildman–Crippen MR) is 75.2 cm³/mol. The fourth-order valence-electron chi connectivity index (χ4n) is 3.38. The van der Waals surface area contributed by atoms with Crippen LogP contribution in [0.5, 0.6) is 5.75 Å². The molecule has 0 amide bonds. The lowest BCUT2D eigenvalue weighted by Gasteiger charge is -2.36. The lowest BCUT2D eigenvalue weighted by Crippen LogP contribution is -2.39. The lowest BCUT2D eigenvalue weighted by molar-refractivity contribution is 0.0241. The number of hydrogen-bond donors (Lipinski definition) is 1.